The highest BCUT2D eigenvalue weighted by Crippen LogP contribution is 2.45. The third kappa shape index (κ3) is 8.08. The van der Waals surface area contributed by atoms with Crippen molar-refractivity contribution in [2.45, 2.75) is 116 Å². The molecule has 4 rings (SSSR count). The minimum Gasteiger partial charge on any atom is -0.504 e. The van der Waals surface area contributed by atoms with Crippen molar-refractivity contribution in [3.05, 3.63) is 53.1 Å². The smallest absolute Gasteiger partial charge is 0.338 e. The Morgan fingerprint density at radius 2 is 1.02 bits per heavy atom. The Kier molecular flexibility index (Phi) is 12.4. The Morgan fingerprint density at radius 3 is 1.52 bits per heavy atom. The van der Waals surface area contributed by atoms with Crippen LogP contribution in [0.4, 0.5) is 0 Å². The van der Waals surface area contributed by atoms with Crippen molar-refractivity contribution in [3.63, 3.8) is 0 Å². The van der Waals surface area contributed by atoms with Gasteiger partial charge in [0.1, 0.15) is 6.10 Å². The number of ketones is 2. The second kappa shape index (κ2) is 16.3. The largest absolute Gasteiger partial charge is 0.504 e. The van der Waals surface area contributed by atoms with Crippen LogP contribution < -0.4 is 9.47 Å². The fourth-order valence-electron chi connectivity index (χ4n) is 6.52. The van der Waals surface area contributed by atoms with Crippen molar-refractivity contribution in [2.75, 3.05) is 0 Å². The minimum absolute atomic E-state index is 0.00388. The predicted octanol–water partition coefficient (Wildman–Crippen LogP) is 7.54. The monoisotopic (exact) mass is 724 g/mol. The number of hydrogen-bond donors (Lipinski definition) is 7. The van der Waals surface area contributed by atoms with Crippen LogP contribution in [0, 0.1) is 0 Å². The van der Waals surface area contributed by atoms with Gasteiger partial charge in [-0.2, -0.15) is 0 Å². The van der Waals surface area contributed by atoms with Crippen LogP contribution in [0.2, 0.25) is 0 Å². The summed E-state index contributed by atoms with van der Waals surface area (Å²) < 4.78 is 18.0. The first-order chi connectivity index (χ1) is 24.6. The van der Waals surface area contributed by atoms with Crippen molar-refractivity contribution in [1.82, 2.24) is 0 Å². The van der Waals surface area contributed by atoms with Crippen LogP contribution in [0.15, 0.2) is 36.4 Å². The molecule has 3 aromatic rings. The first-order valence-electron chi connectivity index (χ1n) is 17.7. The summed E-state index contributed by atoms with van der Waals surface area (Å²) in [5, 5.41) is 73.0. The number of aromatic hydroxyl groups is 7. The van der Waals surface area contributed by atoms with Gasteiger partial charge >= 0.3 is 5.97 Å². The SMILES string of the molecule is CCCCC(CC)(Oc1cc(C(=O)OC2CCCCC2)cc(O)c1O)C(=O)c1cc(O)c(O)c(OC(CC)(CC)C(=O)c2cc(O)c(O)c(O)c2)c1. The van der Waals surface area contributed by atoms with E-state index in [1.165, 1.54) is 6.07 Å². The summed E-state index contributed by atoms with van der Waals surface area (Å²) in [5.74, 6) is -8.10. The van der Waals surface area contributed by atoms with Crippen LogP contribution in [0.1, 0.15) is 129 Å². The summed E-state index contributed by atoms with van der Waals surface area (Å²) >= 11 is 0. The van der Waals surface area contributed by atoms with E-state index in [1.807, 2.05) is 6.92 Å². The van der Waals surface area contributed by atoms with Crippen LogP contribution in [0.25, 0.3) is 0 Å². The summed E-state index contributed by atoms with van der Waals surface area (Å²) in [4.78, 5) is 41.4. The van der Waals surface area contributed by atoms with E-state index in [2.05, 4.69) is 0 Å². The molecule has 1 fully saturated rings. The van der Waals surface area contributed by atoms with Crippen molar-refractivity contribution < 1.29 is 64.3 Å². The zero-order chi connectivity index (χ0) is 38.4. The number of rotatable bonds is 16. The van der Waals surface area contributed by atoms with Crippen molar-refractivity contribution >= 4 is 17.5 Å². The van der Waals surface area contributed by atoms with Gasteiger partial charge in [0.25, 0.3) is 0 Å². The van der Waals surface area contributed by atoms with E-state index >= 15 is 0 Å². The molecule has 1 aliphatic rings. The van der Waals surface area contributed by atoms with Gasteiger partial charge in [-0.15, -0.1) is 0 Å². The quantitative estimate of drug-likeness (QED) is 0.0432. The lowest BCUT2D eigenvalue weighted by Crippen LogP contribution is -2.45. The minimum atomic E-state index is -1.74. The molecular formula is C39H48O13. The molecule has 0 saturated heterocycles. The highest BCUT2D eigenvalue weighted by molar-refractivity contribution is 6.05. The highest BCUT2D eigenvalue weighted by atomic mass is 16.5. The Balaban J connectivity index is 1.74. The van der Waals surface area contributed by atoms with E-state index in [4.69, 9.17) is 14.2 Å². The van der Waals surface area contributed by atoms with E-state index in [9.17, 15) is 50.1 Å². The molecule has 282 valence electrons. The van der Waals surface area contributed by atoms with Crippen molar-refractivity contribution in [3.8, 4) is 51.7 Å². The van der Waals surface area contributed by atoms with E-state index in [1.54, 1.807) is 20.8 Å². The fourth-order valence-corrected chi connectivity index (χ4v) is 6.52. The van der Waals surface area contributed by atoms with Gasteiger partial charge in [-0.3, -0.25) is 9.59 Å². The van der Waals surface area contributed by atoms with Gasteiger partial charge in [-0.05, 0) is 94.2 Å². The zero-order valence-corrected chi connectivity index (χ0v) is 29.9. The molecule has 0 aromatic heterocycles. The molecule has 0 heterocycles. The van der Waals surface area contributed by atoms with Crippen LogP contribution in [0.3, 0.4) is 0 Å². The summed E-state index contributed by atoms with van der Waals surface area (Å²) in [6.07, 6.45) is 5.29. The number of unbranched alkanes of at least 4 members (excludes halogenated alkanes) is 1. The lowest BCUT2D eigenvalue weighted by atomic mass is 9.84. The van der Waals surface area contributed by atoms with E-state index in [0.29, 0.717) is 25.7 Å². The number of Topliss-reactive ketones (excluding diaryl/α,β-unsaturated/α-hetero) is 2. The number of phenols is 7. The lowest BCUT2D eigenvalue weighted by molar-refractivity contribution is 0.0208. The number of hydrogen-bond acceptors (Lipinski definition) is 13. The summed E-state index contributed by atoms with van der Waals surface area (Å²) in [7, 11) is 0. The molecule has 1 unspecified atom stereocenters. The van der Waals surface area contributed by atoms with Crippen LogP contribution >= 0.6 is 0 Å². The topological polar surface area (TPSA) is 221 Å². The second-order valence-electron chi connectivity index (χ2n) is 13.2. The Hall–Kier alpha value is -5.33. The first kappa shape index (κ1) is 39.5. The van der Waals surface area contributed by atoms with Gasteiger partial charge in [0.15, 0.2) is 51.4 Å². The molecule has 13 nitrogen and oxygen atoms in total. The molecule has 13 heteroatoms. The number of carbonyl (C=O) groups is 3. The number of ether oxygens (including phenoxy) is 3. The van der Waals surface area contributed by atoms with Crippen LogP contribution in [0.5, 0.6) is 51.7 Å². The van der Waals surface area contributed by atoms with E-state index in [-0.39, 0.29) is 54.2 Å². The molecule has 1 saturated carbocycles. The number of carbonyl (C=O) groups excluding carboxylic acids is 3. The first-order valence-corrected chi connectivity index (χ1v) is 17.7. The number of phenolic OH excluding ortho intramolecular Hbond substituents is 7. The number of benzene rings is 3. The molecule has 1 atom stereocenters. The number of esters is 1. The van der Waals surface area contributed by atoms with Crippen molar-refractivity contribution in [1.29, 1.82) is 0 Å². The molecule has 0 amide bonds. The maximum Gasteiger partial charge on any atom is 0.338 e. The predicted molar refractivity (Wildman–Crippen MR) is 189 cm³/mol. The van der Waals surface area contributed by atoms with E-state index in [0.717, 1.165) is 49.6 Å². The molecule has 7 N–H and O–H groups in total. The Bertz CT molecular complexity index is 1770. The maximum atomic E-state index is 14.5. The fraction of sp³-hybridized carbons (Fsp3) is 0.462. The lowest BCUT2D eigenvalue weighted by Gasteiger charge is -2.34. The third-order valence-corrected chi connectivity index (χ3v) is 9.85. The van der Waals surface area contributed by atoms with Gasteiger partial charge in [0, 0.05) is 11.1 Å². The molecule has 0 bridgehead atoms. The molecule has 0 spiro atoms. The molecular weight excluding hydrogens is 676 g/mol. The third-order valence-electron chi connectivity index (χ3n) is 9.85. The highest BCUT2D eigenvalue weighted by Gasteiger charge is 2.43. The average Bonchev–Trinajstić information content (AvgIpc) is 3.14. The Labute approximate surface area is 302 Å². The van der Waals surface area contributed by atoms with Gasteiger partial charge < -0.3 is 50.0 Å². The standard InChI is InChI=1S/C39H48O13/c1-5-9-15-39(8-4,52-31-21-24(19-29(43)34(31)46)37(49)50-25-13-11-10-12-14-25)36(48)23-18-28(42)33(45)30(20-23)51-38(6-2,7-3)35(47)22-16-26(40)32(44)27(41)17-22/h16-21,25,40-46H,5-15H2,1-4H3. The molecule has 52 heavy (non-hydrogen) atoms. The van der Waals surface area contributed by atoms with Gasteiger partial charge in [-0.25, -0.2) is 4.79 Å². The van der Waals surface area contributed by atoms with E-state index < -0.39 is 74.7 Å². The average molecular weight is 725 g/mol. The maximum absolute atomic E-state index is 14.5. The molecule has 0 radical (unpaired) electrons. The second-order valence-corrected chi connectivity index (χ2v) is 13.2. The molecule has 0 aliphatic heterocycles. The summed E-state index contributed by atoms with van der Waals surface area (Å²) in [6.45, 7) is 6.81. The van der Waals surface area contributed by atoms with Crippen LogP contribution in [-0.4, -0.2) is 70.6 Å². The summed E-state index contributed by atoms with van der Waals surface area (Å²) in [6, 6.07) is 6.33. The van der Waals surface area contributed by atoms with Crippen molar-refractivity contribution in [2.24, 2.45) is 0 Å². The van der Waals surface area contributed by atoms with Gasteiger partial charge in [-0.1, -0.05) is 40.5 Å². The summed E-state index contributed by atoms with van der Waals surface area (Å²) in [5.41, 5.74) is -3.95. The van der Waals surface area contributed by atoms with Crippen LogP contribution in [-0.2, 0) is 4.74 Å². The molecule has 1 aliphatic carbocycles. The Morgan fingerprint density at radius 1 is 0.596 bits per heavy atom. The normalized spacial score (nSPS) is 14.7. The zero-order valence-electron chi connectivity index (χ0n) is 29.9. The van der Waals surface area contributed by atoms with Gasteiger partial charge in [0.05, 0.1) is 5.56 Å². The molecule has 3 aromatic carbocycles. The van der Waals surface area contributed by atoms with Gasteiger partial charge in [0.2, 0.25) is 23.1 Å².